The quantitative estimate of drug-likeness (QED) is 0.294. The van der Waals surface area contributed by atoms with Gasteiger partial charge in [0, 0.05) is 36.5 Å². The number of ether oxygens (including phenoxy) is 2. The molecule has 0 aromatic heterocycles. The molecule has 38 heavy (non-hydrogen) atoms. The van der Waals surface area contributed by atoms with Crippen LogP contribution in [0, 0.1) is 0 Å². The summed E-state index contributed by atoms with van der Waals surface area (Å²) < 4.78 is 10.3. The Hall–Kier alpha value is -4.44. The standard InChI is InChI=1S/C28H30N4O6/c1-2-15-38-28(36)30-26(29)21-8-10-22(11-9-21)32-18-23(31-13-16-37-17-14-31)25(27(32)35)20-6-3-19(4-7-20)5-12-24(33)34/h2-4,6-11H,1,5,12-18H2,(H,33,34)(H2,29,30,36). The number of aryl methyl sites for hydroxylation is 1. The van der Waals surface area contributed by atoms with Gasteiger partial charge in [-0.05, 0) is 41.8 Å². The molecule has 2 aliphatic rings. The number of aliphatic carboxylic acids is 1. The minimum atomic E-state index is -0.848. The van der Waals surface area contributed by atoms with Gasteiger partial charge in [-0.1, -0.05) is 36.9 Å². The fourth-order valence-electron chi connectivity index (χ4n) is 4.38. The predicted molar refractivity (Wildman–Crippen MR) is 143 cm³/mol. The molecule has 10 heteroatoms. The number of nitrogens with zero attached hydrogens (tertiary/aromatic N) is 3. The Morgan fingerprint density at radius 1 is 1.11 bits per heavy atom. The van der Waals surface area contributed by atoms with Crippen LogP contribution in [0.1, 0.15) is 23.1 Å². The summed E-state index contributed by atoms with van der Waals surface area (Å²) in [5, 5.41) is 8.96. The fraction of sp³-hybridized carbons (Fsp3) is 0.286. The van der Waals surface area contributed by atoms with Crippen molar-refractivity contribution in [1.82, 2.24) is 4.90 Å². The molecule has 0 spiro atoms. The van der Waals surface area contributed by atoms with Crippen LogP contribution >= 0.6 is 0 Å². The molecule has 1 fully saturated rings. The lowest BCUT2D eigenvalue weighted by Crippen LogP contribution is -2.37. The Bertz CT molecular complexity index is 1260. The molecule has 2 aromatic rings. The molecule has 2 amide bonds. The number of aliphatic imine (C=N–C) groups is 1. The summed E-state index contributed by atoms with van der Waals surface area (Å²) >= 11 is 0. The topological polar surface area (TPSA) is 135 Å². The molecule has 0 saturated carbocycles. The molecule has 2 aromatic carbocycles. The van der Waals surface area contributed by atoms with Crippen molar-refractivity contribution in [3.8, 4) is 0 Å². The van der Waals surface area contributed by atoms with Crippen molar-refractivity contribution in [2.45, 2.75) is 12.8 Å². The summed E-state index contributed by atoms with van der Waals surface area (Å²) in [7, 11) is 0. The number of carbonyl (C=O) groups is 3. The van der Waals surface area contributed by atoms with E-state index in [-0.39, 0.29) is 24.8 Å². The Morgan fingerprint density at radius 2 is 1.79 bits per heavy atom. The Morgan fingerprint density at radius 3 is 2.42 bits per heavy atom. The summed E-state index contributed by atoms with van der Waals surface area (Å²) in [6, 6.07) is 14.4. The van der Waals surface area contributed by atoms with Crippen molar-refractivity contribution in [3.05, 3.63) is 83.6 Å². The van der Waals surface area contributed by atoms with Crippen molar-refractivity contribution in [2.24, 2.45) is 10.7 Å². The van der Waals surface area contributed by atoms with Crippen molar-refractivity contribution < 1.29 is 29.0 Å². The number of amides is 2. The van der Waals surface area contributed by atoms with Crippen LogP contribution in [-0.2, 0) is 25.5 Å². The highest BCUT2D eigenvalue weighted by Gasteiger charge is 2.35. The lowest BCUT2D eigenvalue weighted by atomic mass is 10.0. The third kappa shape index (κ3) is 6.27. The Kier molecular flexibility index (Phi) is 8.55. The number of hydrogen-bond acceptors (Lipinski definition) is 6. The highest BCUT2D eigenvalue weighted by molar-refractivity contribution is 6.29. The summed E-state index contributed by atoms with van der Waals surface area (Å²) in [5.41, 5.74) is 10.4. The molecule has 2 heterocycles. The summed E-state index contributed by atoms with van der Waals surface area (Å²) in [4.78, 5) is 44.0. The number of morpholine rings is 1. The number of benzene rings is 2. The van der Waals surface area contributed by atoms with Gasteiger partial charge in [-0.25, -0.2) is 4.79 Å². The molecular formula is C28H30N4O6. The van der Waals surface area contributed by atoms with Crippen LogP contribution in [0.2, 0.25) is 0 Å². The van der Waals surface area contributed by atoms with Crippen LogP contribution in [0.15, 0.2) is 71.9 Å². The zero-order chi connectivity index (χ0) is 27.1. The number of carbonyl (C=O) groups excluding carboxylic acids is 2. The van der Waals surface area contributed by atoms with Gasteiger partial charge in [0.1, 0.15) is 12.4 Å². The molecule has 1 saturated heterocycles. The number of anilines is 1. The molecule has 0 atom stereocenters. The lowest BCUT2D eigenvalue weighted by Gasteiger charge is -2.30. The van der Waals surface area contributed by atoms with Crippen LogP contribution in [-0.4, -0.2) is 73.3 Å². The molecule has 198 valence electrons. The van der Waals surface area contributed by atoms with Crippen LogP contribution in [0.4, 0.5) is 10.5 Å². The monoisotopic (exact) mass is 518 g/mol. The van der Waals surface area contributed by atoms with E-state index in [1.165, 1.54) is 6.08 Å². The second-order valence-corrected chi connectivity index (χ2v) is 8.81. The van der Waals surface area contributed by atoms with Gasteiger partial charge < -0.3 is 30.1 Å². The number of amidine groups is 1. The third-order valence-corrected chi connectivity index (χ3v) is 6.33. The maximum absolute atomic E-state index is 13.7. The van der Waals surface area contributed by atoms with Gasteiger partial charge in [0.15, 0.2) is 0 Å². The first-order valence-corrected chi connectivity index (χ1v) is 12.3. The number of hydrogen-bond donors (Lipinski definition) is 2. The van der Waals surface area contributed by atoms with E-state index in [0.29, 0.717) is 56.1 Å². The highest BCUT2D eigenvalue weighted by Crippen LogP contribution is 2.34. The van der Waals surface area contributed by atoms with Gasteiger partial charge in [-0.3, -0.25) is 9.59 Å². The normalized spacial score (nSPS) is 16.1. The number of rotatable bonds is 9. The molecular weight excluding hydrogens is 488 g/mol. The zero-order valence-corrected chi connectivity index (χ0v) is 21.0. The highest BCUT2D eigenvalue weighted by atomic mass is 16.5. The summed E-state index contributed by atoms with van der Waals surface area (Å²) in [6.45, 7) is 6.45. The average Bonchev–Trinajstić information content (AvgIpc) is 3.28. The van der Waals surface area contributed by atoms with E-state index in [4.69, 9.17) is 20.3 Å². The van der Waals surface area contributed by atoms with Gasteiger partial charge in [-0.15, -0.1) is 0 Å². The van der Waals surface area contributed by atoms with Gasteiger partial charge in [0.2, 0.25) is 0 Å². The van der Waals surface area contributed by atoms with Gasteiger partial charge in [0.25, 0.3) is 5.91 Å². The van der Waals surface area contributed by atoms with Crippen molar-refractivity contribution in [1.29, 1.82) is 0 Å². The van der Waals surface area contributed by atoms with Gasteiger partial charge >= 0.3 is 12.1 Å². The molecule has 0 unspecified atom stereocenters. The van der Waals surface area contributed by atoms with Gasteiger partial charge in [-0.2, -0.15) is 4.99 Å². The third-order valence-electron chi connectivity index (χ3n) is 6.33. The Labute approximate surface area is 220 Å². The van der Waals surface area contributed by atoms with Crippen molar-refractivity contribution in [3.63, 3.8) is 0 Å². The average molecular weight is 519 g/mol. The zero-order valence-electron chi connectivity index (χ0n) is 21.0. The predicted octanol–water partition coefficient (Wildman–Crippen LogP) is 2.82. The maximum atomic E-state index is 13.7. The summed E-state index contributed by atoms with van der Waals surface area (Å²) in [6.07, 6.45) is 1.11. The van der Waals surface area contributed by atoms with E-state index in [1.54, 1.807) is 29.2 Å². The largest absolute Gasteiger partial charge is 0.481 e. The minimum Gasteiger partial charge on any atom is -0.481 e. The molecule has 4 rings (SSSR count). The fourth-order valence-corrected chi connectivity index (χ4v) is 4.38. The first kappa shape index (κ1) is 26.6. The SMILES string of the molecule is C=CCOC(=O)N=C(N)c1ccc(N2CC(N3CCOCC3)=C(c3ccc(CCC(=O)O)cc3)C2=O)cc1. The molecule has 0 radical (unpaired) electrons. The second-order valence-electron chi connectivity index (χ2n) is 8.81. The van der Waals surface area contributed by atoms with Crippen LogP contribution in [0.25, 0.3) is 5.57 Å². The minimum absolute atomic E-state index is 0.00849. The number of carboxylic acids is 1. The Balaban J connectivity index is 1.57. The smallest absolute Gasteiger partial charge is 0.435 e. The van der Waals surface area contributed by atoms with Crippen LogP contribution in [0.5, 0.6) is 0 Å². The lowest BCUT2D eigenvalue weighted by molar-refractivity contribution is -0.137. The van der Waals surface area contributed by atoms with Crippen LogP contribution in [0.3, 0.4) is 0 Å². The first-order valence-electron chi connectivity index (χ1n) is 12.3. The second kappa shape index (κ2) is 12.2. The molecule has 0 aliphatic carbocycles. The molecule has 3 N–H and O–H groups in total. The molecule has 10 nitrogen and oxygen atoms in total. The maximum Gasteiger partial charge on any atom is 0.435 e. The van der Waals surface area contributed by atoms with E-state index >= 15 is 0 Å². The van der Waals surface area contributed by atoms with Crippen molar-refractivity contribution >= 4 is 35.1 Å². The number of carboxylic acid groups (broad SMARTS) is 1. The van der Waals surface area contributed by atoms with Crippen molar-refractivity contribution in [2.75, 3.05) is 44.4 Å². The van der Waals surface area contributed by atoms with E-state index in [1.807, 2.05) is 24.3 Å². The first-order chi connectivity index (χ1) is 18.4. The van der Waals surface area contributed by atoms with E-state index < -0.39 is 12.1 Å². The van der Waals surface area contributed by atoms with Gasteiger partial charge in [0.05, 0.1) is 25.3 Å². The van der Waals surface area contributed by atoms with E-state index in [9.17, 15) is 14.4 Å². The number of nitrogens with two attached hydrogens (primary N) is 1. The van der Waals surface area contributed by atoms with Crippen LogP contribution < -0.4 is 10.6 Å². The van der Waals surface area contributed by atoms with E-state index in [2.05, 4.69) is 16.5 Å². The summed E-state index contributed by atoms with van der Waals surface area (Å²) in [5.74, 6) is -0.971. The molecule has 2 aliphatic heterocycles. The molecule has 0 bridgehead atoms. The van der Waals surface area contributed by atoms with E-state index in [0.717, 1.165) is 16.8 Å².